The molecule has 1 aliphatic heterocycles. The van der Waals surface area contributed by atoms with Crippen molar-refractivity contribution in [2.75, 3.05) is 19.3 Å². The summed E-state index contributed by atoms with van der Waals surface area (Å²) in [6, 6.07) is 0. The molecule has 0 N–H and O–H groups in total. The van der Waals surface area contributed by atoms with E-state index in [0.717, 1.165) is 0 Å². The van der Waals surface area contributed by atoms with Gasteiger partial charge in [-0.1, -0.05) is 0 Å². The van der Waals surface area contributed by atoms with Crippen LogP contribution in [-0.2, 0) is 10.0 Å². The van der Waals surface area contributed by atoms with Crippen LogP contribution in [0, 0.1) is 0 Å². The highest BCUT2D eigenvalue weighted by atomic mass is 32.2. The summed E-state index contributed by atoms with van der Waals surface area (Å²) in [4.78, 5) is 0. The molecule has 0 amide bonds. The van der Waals surface area contributed by atoms with Crippen molar-refractivity contribution in [2.24, 2.45) is 0 Å². The first-order valence-electron chi connectivity index (χ1n) is 2.95. The third-order valence-corrected chi connectivity index (χ3v) is 2.53. The maximum atomic E-state index is 10.8. The van der Waals surface area contributed by atoms with Crippen molar-refractivity contribution in [3.8, 4) is 0 Å². The number of rotatable bonds is 1. The molecule has 4 heteroatoms. The molecule has 1 rings (SSSR count). The van der Waals surface area contributed by atoms with E-state index in [1.165, 1.54) is 10.6 Å². The van der Waals surface area contributed by atoms with Crippen LogP contribution in [0.5, 0.6) is 0 Å². The number of hydrogen-bond donors (Lipinski definition) is 0. The van der Waals surface area contributed by atoms with Gasteiger partial charge in [-0.25, -0.2) is 8.42 Å². The molecule has 0 aromatic heterocycles. The van der Waals surface area contributed by atoms with Gasteiger partial charge in [-0.3, -0.25) is 0 Å². The van der Waals surface area contributed by atoms with Gasteiger partial charge in [0.05, 0.1) is 6.26 Å². The van der Waals surface area contributed by atoms with Gasteiger partial charge in [0.1, 0.15) is 0 Å². The summed E-state index contributed by atoms with van der Waals surface area (Å²) in [5.74, 6) is 0. The van der Waals surface area contributed by atoms with Gasteiger partial charge in [-0.15, -0.1) is 5.73 Å². The average molecular weight is 159 g/mol. The minimum absolute atomic E-state index is 0.454. The SMILES string of the molecule is CS(=O)(=O)N1CC=C=CC1. The predicted octanol–water partition coefficient (Wildman–Crippen LogP) is -0.0271. The van der Waals surface area contributed by atoms with Gasteiger partial charge in [0, 0.05) is 13.1 Å². The third kappa shape index (κ3) is 1.70. The first kappa shape index (κ1) is 7.54. The third-order valence-electron chi connectivity index (χ3n) is 1.29. The van der Waals surface area contributed by atoms with Gasteiger partial charge in [0.25, 0.3) is 0 Å². The summed E-state index contributed by atoms with van der Waals surface area (Å²) in [5, 5.41) is 0. The summed E-state index contributed by atoms with van der Waals surface area (Å²) >= 11 is 0. The van der Waals surface area contributed by atoms with E-state index in [4.69, 9.17) is 0 Å². The average Bonchev–Trinajstić information content (AvgIpc) is 1.88. The fourth-order valence-corrected chi connectivity index (χ4v) is 1.43. The minimum atomic E-state index is -3.00. The highest BCUT2D eigenvalue weighted by Gasteiger charge is 2.13. The van der Waals surface area contributed by atoms with Crippen LogP contribution in [0.3, 0.4) is 0 Å². The van der Waals surface area contributed by atoms with Crippen molar-refractivity contribution in [3.63, 3.8) is 0 Å². The zero-order valence-corrected chi connectivity index (χ0v) is 6.56. The zero-order valence-electron chi connectivity index (χ0n) is 5.74. The minimum Gasteiger partial charge on any atom is -0.212 e. The van der Waals surface area contributed by atoms with E-state index in [2.05, 4.69) is 5.73 Å². The van der Waals surface area contributed by atoms with Crippen LogP contribution in [-0.4, -0.2) is 32.1 Å². The van der Waals surface area contributed by atoms with Gasteiger partial charge >= 0.3 is 0 Å². The Labute approximate surface area is 60.7 Å². The molecular formula is C6H9NO2S. The summed E-state index contributed by atoms with van der Waals surface area (Å²) in [6.07, 6.45) is 4.61. The molecule has 0 unspecified atom stereocenters. The number of sulfonamides is 1. The standard InChI is InChI=1S/C6H9NO2S/c1-10(8,9)7-5-3-2-4-6-7/h3-4H,5-6H2,1H3. The monoisotopic (exact) mass is 159 g/mol. The molecular weight excluding hydrogens is 150 g/mol. The second kappa shape index (κ2) is 2.58. The van der Waals surface area contributed by atoms with Crippen molar-refractivity contribution in [3.05, 3.63) is 17.9 Å². The Morgan fingerprint density at radius 2 is 1.90 bits per heavy atom. The Morgan fingerprint density at radius 1 is 1.40 bits per heavy atom. The highest BCUT2D eigenvalue weighted by Crippen LogP contribution is 2.00. The van der Waals surface area contributed by atoms with Gasteiger partial charge in [0.15, 0.2) is 0 Å². The van der Waals surface area contributed by atoms with Crippen LogP contribution in [0.25, 0.3) is 0 Å². The largest absolute Gasteiger partial charge is 0.212 e. The van der Waals surface area contributed by atoms with Crippen molar-refractivity contribution in [2.45, 2.75) is 0 Å². The number of hydrogen-bond acceptors (Lipinski definition) is 2. The van der Waals surface area contributed by atoms with Crippen molar-refractivity contribution in [1.82, 2.24) is 4.31 Å². The van der Waals surface area contributed by atoms with E-state index in [1.54, 1.807) is 12.2 Å². The first-order valence-corrected chi connectivity index (χ1v) is 4.80. The molecule has 0 saturated carbocycles. The molecule has 3 nitrogen and oxygen atoms in total. The molecule has 0 bridgehead atoms. The molecule has 0 saturated heterocycles. The van der Waals surface area contributed by atoms with E-state index in [0.29, 0.717) is 13.1 Å². The van der Waals surface area contributed by atoms with Gasteiger partial charge in [-0.2, -0.15) is 4.31 Å². The summed E-state index contributed by atoms with van der Waals surface area (Å²) < 4.78 is 23.1. The lowest BCUT2D eigenvalue weighted by atomic mass is 10.4. The topological polar surface area (TPSA) is 37.4 Å². The maximum absolute atomic E-state index is 10.8. The molecule has 10 heavy (non-hydrogen) atoms. The van der Waals surface area contributed by atoms with E-state index < -0.39 is 10.0 Å². The summed E-state index contributed by atoms with van der Waals surface area (Å²) in [6.45, 7) is 0.907. The lowest BCUT2D eigenvalue weighted by Gasteiger charge is -2.16. The molecule has 0 aromatic rings. The van der Waals surface area contributed by atoms with E-state index in [1.807, 2.05) is 0 Å². The fourth-order valence-electron chi connectivity index (χ4n) is 0.738. The molecule has 0 spiro atoms. The molecule has 0 aliphatic carbocycles. The van der Waals surface area contributed by atoms with Crippen molar-refractivity contribution >= 4 is 10.0 Å². The smallest absolute Gasteiger partial charge is 0.211 e. The molecule has 0 aromatic carbocycles. The van der Waals surface area contributed by atoms with E-state index in [-0.39, 0.29) is 0 Å². The van der Waals surface area contributed by atoms with Crippen LogP contribution in [0.1, 0.15) is 0 Å². The molecule has 56 valence electrons. The molecule has 1 heterocycles. The Hall–Kier alpha value is -0.570. The Morgan fingerprint density at radius 3 is 2.20 bits per heavy atom. The predicted molar refractivity (Wildman–Crippen MR) is 39.1 cm³/mol. The normalized spacial score (nSPS) is 19.7. The van der Waals surface area contributed by atoms with Crippen LogP contribution in [0.4, 0.5) is 0 Å². The van der Waals surface area contributed by atoms with Crippen LogP contribution in [0.15, 0.2) is 17.9 Å². The molecule has 1 aliphatic rings. The maximum Gasteiger partial charge on any atom is 0.211 e. The molecule has 0 radical (unpaired) electrons. The van der Waals surface area contributed by atoms with Gasteiger partial charge in [-0.05, 0) is 12.2 Å². The zero-order chi connectivity index (χ0) is 7.61. The Balaban J connectivity index is 2.74. The number of nitrogens with zero attached hydrogens (tertiary/aromatic N) is 1. The molecule has 0 atom stereocenters. The Bertz CT molecular complexity index is 262. The molecule has 0 fully saturated rings. The van der Waals surface area contributed by atoms with Gasteiger partial charge < -0.3 is 0 Å². The summed E-state index contributed by atoms with van der Waals surface area (Å²) in [5.41, 5.74) is 2.83. The van der Waals surface area contributed by atoms with Gasteiger partial charge in [0.2, 0.25) is 10.0 Å². The van der Waals surface area contributed by atoms with Crippen molar-refractivity contribution in [1.29, 1.82) is 0 Å². The summed E-state index contributed by atoms with van der Waals surface area (Å²) in [7, 11) is -3.00. The lowest BCUT2D eigenvalue weighted by Crippen LogP contribution is -2.31. The van der Waals surface area contributed by atoms with Crippen LogP contribution < -0.4 is 0 Å². The van der Waals surface area contributed by atoms with E-state index in [9.17, 15) is 8.42 Å². The highest BCUT2D eigenvalue weighted by molar-refractivity contribution is 7.88. The second-order valence-electron chi connectivity index (χ2n) is 2.15. The van der Waals surface area contributed by atoms with Crippen LogP contribution >= 0.6 is 0 Å². The first-order chi connectivity index (χ1) is 4.61. The lowest BCUT2D eigenvalue weighted by molar-refractivity contribution is 0.476. The quantitative estimate of drug-likeness (QED) is 0.504. The Kier molecular flexibility index (Phi) is 1.94. The fraction of sp³-hybridized carbons (Fsp3) is 0.500. The van der Waals surface area contributed by atoms with Crippen molar-refractivity contribution < 1.29 is 8.42 Å². The second-order valence-corrected chi connectivity index (χ2v) is 4.14. The van der Waals surface area contributed by atoms with E-state index >= 15 is 0 Å². The van der Waals surface area contributed by atoms with Crippen LogP contribution in [0.2, 0.25) is 0 Å².